The van der Waals surface area contributed by atoms with Crippen LogP contribution < -0.4 is 9.64 Å². The van der Waals surface area contributed by atoms with Crippen LogP contribution in [0.15, 0.2) is 48.5 Å². The lowest BCUT2D eigenvalue weighted by molar-refractivity contribution is -0.141. The van der Waals surface area contributed by atoms with E-state index in [2.05, 4.69) is 0 Å². The van der Waals surface area contributed by atoms with E-state index in [1.54, 1.807) is 18.1 Å². The van der Waals surface area contributed by atoms with Crippen LogP contribution in [0.4, 0.5) is 5.69 Å². The first-order valence-electron chi connectivity index (χ1n) is 8.85. The highest BCUT2D eigenvalue weighted by atomic mass is 16.5. The molecule has 0 saturated carbocycles. The molecule has 27 heavy (non-hydrogen) atoms. The molecule has 3 rings (SSSR count). The van der Waals surface area contributed by atoms with Crippen molar-refractivity contribution in [1.29, 1.82) is 0 Å². The Labute approximate surface area is 159 Å². The van der Waals surface area contributed by atoms with Gasteiger partial charge in [-0.1, -0.05) is 30.3 Å². The first kappa shape index (κ1) is 18.8. The topological polar surface area (TPSA) is 70.1 Å². The van der Waals surface area contributed by atoms with E-state index in [-0.39, 0.29) is 18.4 Å². The minimum atomic E-state index is -0.901. The van der Waals surface area contributed by atoms with Gasteiger partial charge >= 0.3 is 5.97 Å². The first-order chi connectivity index (χ1) is 12.9. The van der Waals surface area contributed by atoms with Crippen LogP contribution in [0.1, 0.15) is 21.8 Å². The van der Waals surface area contributed by atoms with Crippen LogP contribution in [-0.2, 0) is 4.79 Å². The van der Waals surface area contributed by atoms with Gasteiger partial charge in [-0.25, -0.2) is 0 Å². The third-order valence-electron chi connectivity index (χ3n) is 5.08. The maximum absolute atomic E-state index is 13.1. The number of para-hydroxylation sites is 2. The molecular formula is C21H24N2O4. The highest BCUT2D eigenvalue weighted by Gasteiger charge is 2.42. The number of likely N-dealkylation sites (tertiary alicyclic amines) is 1. The Bertz CT molecular complexity index is 850. The standard InChI is InChI=1S/C21H24N2O4/c1-22(2)18-10-6-4-9-15(18)20(24)23-12-16(17(13-23)21(25)26)14-8-5-7-11-19(14)27-3/h4-11,16-17H,12-13H2,1-3H3,(H,25,26)/t16-,17+/m0/s1. The number of benzene rings is 2. The van der Waals surface area contributed by atoms with Crippen molar-refractivity contribution in [3.05, 3.63) is 59.7 Å². The molecule has 6 heteroatoms. The van der Waals surface area contributed by atoms with Crippen LogP contribution in [0, 0.1) is 5.92 Å². The molecule has 1 amide bonds. The van der Waals surface area contributed by atoms with E-state index in [0.29, 0.717) is 17.9 Å². The molecule has 0 aliphatic carbocycles. The molecule has 0 unspecified atom stereocenters. The number of nitrogens with zero attached hydrogens (tertiary/aromatic N) is 2. The molecule has 2 aromatic rings. The smallest absolute Gasteiger partial charge is 0.308 e. The third kappa shape index (κ3) is 3.60. The van der Waals surface area contributed by atoms with E-state index in [1.807, 2.05) is 61.5 Å². The molecule has 1 heterocycles. The van der Waals surface area contributed by atoms with Crippen molar-refractivity contribution < 1.29 is 19.4 Å². The number of anilines is 1. The fourth-order valence-electron chi connectivity index (χ4n) is 3.72. The second kappa shape index (κ2) is 7.70. The number of amides is 1. The molecule has 1 aliphatic rings. The fraction of sp³-hybridized carbons (Fsp3) is 0.333. The number of carboxylic acids is 1. The van der Waals surface area contributed by atoms with Gasteiger partial charge in [-0.2, -0.15) is 0 Å². The van der Waals surface area contributed by atoms with E-state index < -0.39 is 11.9 Å². The molecule has 6 nitrogen and oxygen atoms in total. The number of hydrogen-bond acceptors (Lipinski definition) is 4. The summed E-state index contributed by atoms with van der Waals surface area (Å²) in [6.07, 6.45) is 0. The molecule has 1 fully saturated rings. The maximum Gasteiger partial charge on any atom is 0.308 e. The Kier molecular flexibility index (Phi) is 5.35. The van der Waals surface area contributed by atoms with E-state index in [1.165, 1.54) is 0 Å². The van der Waals surface area contributed by atoms with Crippen LogP contribution in [-0.4, -0.2) is 56.2 Å². The van der Waals surface area contributed by atoms with E-state index in [4.69, 9.17) is 4.74 Å². The Hall–Kier alpha value is -3.02. The molecular weight excluding hydrogens is 344 g/mol. The van der Waals surface area contributed by atoms with Gasteiger partial charge in [0.2, 0.25) is 0 Å². The molecule has 142 valence electrons. The number of aliphatic carboxylic acids is 1. The predicted octanol–water partition coefficient (Wildman–Crippen LogP) is 2.70. The maximum atomic E-state index is 13.1. The lowest BCUT2D eigenvalue weighted by Gasteiger charge is -2.22. The van der Waals surface area contributed by atoms with E-state index in [0.717, 1.165) is 11.3 Å². The summed E-state index contributed by atoms with van der Waals surface area (Å²) in [6.45, 7) is 0.524. The third-order valence-corrected chi connectivity index (χ3v) is 5.08. The first-order valence-corrected chi connectivity index (χ1v) is 8.85. The lowest BCUT2D eigenvalue weighted by atomic mass is 9.88. The monoisotopic (exact) mass is 368 g/mol. The Morgan fingerprint density at radius 1 is 1.07 bits per heavy atom. The molecule has 1 aliphatic heterocycles. The van der Waals surface area contributed by atoms with Crippen molar-refractivity contribution >= 4 is 17.6 Å². The van der Waals surface area contributed by atoms with Gasteiger partial charge in [0.05, 0.1) is 18.6 Å². The molecule has 2 aromatic carbocycles. The summed E-state index contributed by atoms with van der Waals surface area (Å²) < 4.78 is 5.41. The summed E-state index contributed by atoms with van der Waals surface area (Å²) in [4.78, 5) is 28.5. The van der Waals surface area contributed by atoms with Crippen molar-refractivity contribution in [3.8, 4) is 5.75 Å². The fourth-order valence-corrected chi connectivity index (χ4v) is 3.72. The van der Waals surface area contributed by atoms with Gasteiger partial charge in [-0.15, -0.1) is 0 Å². The number of carbonyl (C=O) groups excluding carboxylic acids is 1. The zero-order valence-corrected chi connectivity index (χ0v) is 15.8. The minimum Gasteiger partial charge on any atom is -0.496 e. The molecule has 0 spiro atoms. The molecule has 2 atom stereocenters. The number of methoxy groups -OCH3 is 1. The van der Waals surface area contributed by atoms with Gasteiger partial charge in [0, 0.05) is 38.8 Å². The van der Waals surface area contributed by atoms with Crippen LogP contribution >= 0.6 is 0 Å². The van der Waals surface area contributed by atoms with Crippen LogP contribution in [0.2, 0.25) is 0 Å². The van der Waals surface area contributed by atoms with Crippen molar-refractivity contribution in [1.82, 2.24) is 4.90 Å². The highest BCUT2D eigenvalue weighted by molar-refractivity contribution is 6.00. The second-order valence-electron chi connectivity index (χ2n) is 6.91. The van der Waals surface area contributed by atoms with E-state index in [9.17, 15) is 14.7 Å². The zero-order chi connectivity index (χ0) is 19.6. The Morgan fingerprint density at radius 2 is 1.74 bits per heavy atom. The van der Waals surface area contributed by atoms with Crippen molar-refractivity contribution in [3.63, 3.8) is 0 Å². The average molecular weight is 368 g/mol. The Morgan fingerprint density at radius 3 is 2.41 bits per heavy atom. The number of carbonyl (C=O) groups is 2. The van der Waals surface area contributed by atoms with Gasteiger partial charge in [0.25, 0.3) is 5.91 Å². The van der Waals surface area contributed by atoms with Crippen LogP contribution in [0.5, 0.6) is 5.75 Å². The summed E-state index contributed by atoms with van der Waals surface area (Å²) in [7, 11) is 5.33. The largest absolute Gasteiger partial charge is 0.496 e. The SMILES string of the molecule is COc1ccccc1[C@@H]1CN(C(=O)c2ccccc2N(C)C)C[C@H]1C(=O)O. The molecule has 0 aromatic heterocycles. The van der Waals surface area contributed by atoms with Gasteiger partial charge in [-0.05, 0) is 23.8 Å². The van der Waals surface area contributed by atoms with Gasteiger partial charge in [-0.3, -0.25) is 9.59 Å². The zero-order valence-electron chi connectivity index (χ0n) is 15.8. The van der Waals surface area contributed by atoms with E-state index >= 15 is 0 Å². The number of hydrogen-bond donors (Lipinski definition) is 1. The Balaban J connectivity index is 1.93. The van der Waals surface area contributed by atoms with Crippen LogP contribution in [0.3, 0.4) is 0 Å². The van der Waals surface area contributed by atoms with Crippen molar-refractivity contribution in [2.45, 2.75) is 5.92 Å². The lowest BCUT2D eigenvalue weighted by Crippen LogP contribution is -2.31. The number of carboxylic acid groups (broad SMARTS) is 1. The quantitative estimate of drug-likeness (QED) is 0.879. The number of rotatable bonds is 5. The van der Waals surface area contributed by atoms with Gasteiger partial charge in [0.1, 0.15) is 5.75 Å². The summed E-state index contributed by atoms with van der Waals surface area (Å²) in [5.74, 6) is -1.38. The van der Waals surface area contributed by atoms with Gasteiger partial charge in [0.15, 0.2) is 0 Å². The normalized spacial score (nSPS) is 19.0. The summed E-state index contributed by atoms with van der Waals surface area (Å²) in [5.41, 5.74) is 2.21. The summed E-state index contributed by atoms with van der Waals surface area (Å²) >= 11 is 0. The van der Waals surface area contributed by atoms with Gasteiger partial charge < -0.3 is 19.6 Å². The molecule has 1 saturated heterocycles. The molecule has 1 N–H and O–H groups in total. The highest BCUT2D eigenvalue weighted by Crippen LogP contribution is 2.38. The second-order valence-corrected chi connectivity index (χ2v) is 6.91. The number of ether oxygens (including phenoxy) is 1. The molecule has 0 bridgehead atoms. The van der Waals surface area contributed by atoms with Crippen LogP contribution in [0.25, 0.3) is 0 Å². The summed E-state index contributed by atoms with van der Waals surface area (Å²) in [6, 6.07) is 14.8. The average Bonchev–Trinajstić information content (AvgIpc) is 3.13. The molecule has 0 radical (unpaired) electrons. The van der Waals surface area contributed by atoms with Crippen molar-refractivity contribution in [2.75, 3.05) is 39.2 Å². The predicted molar refractivity (Wildman–Crippen MR) is 104 cm³/mol. The van der Waals surface area contributed by atoms with Crippen molar-refractivity contribution in [2.24, 2.45) is 5.92 Å². The summed E-state index contributed by atoms with van der Waals surface area (Å²) in [5, 5.41) is 9.73. The minimum absolute atomic E-state index is 0.150.